The van der Waals surface area contributed by atoms with Crippen molar-refractivity contribution in [3.05, 3.63) is 29.3 Å². The molecule has 0 atom stereocenters. The quantitative estimate of drug-likeness (QED) is 0.690. The van der Waals surface area contributed by atoms with Crippen LogP contribution in [-0.2, 0) is 6.42 Å². The molecule has 2 nitrogen and oxygen atoms in total. The standard InChI is InChI=1S/C11H12O2/c1-7(2)13-10-5-3-4-8-6-9(12)11(8)10/h3-5,7H,6H2,1-2H3. The largest absolute Gasteiger partial charge is 0.490 e. The van der Waals surface area contributed by atoms with Gasteiger partial charge in [0.1, 0.15) is 5.75 Å². The normalized spacial score (nSPS) is 13.9. The summed E-state index contributed by atoms with van der Waals surface area (Å²) in [6.07, 6.45) is 0.699. The molecule has 0 fully saturated rings. The van der Waals surface area contributed by atoms with Gasteiger partial charge >= 0.3 is 0 Å². The third-order valence-corrected chi connectivity index (χ3v) is 2.11. The van der Waals surface area contributed by atoms with Gasteiger partial charge in [0.15, 0.2) is 5.78 Å². The second-order valence-electron chi connectivity index (χ2n) is 3.56. The van der Waals surface area contributed by atoms with Crippen molar-refractivity contribution in [2.45, 2.75) is 26.4 Å². The van der Waals surface area contributed by atoms with Crippen LogP contribution < -0.4 is 4.74 Å². The van der Waals surface area contributed by atoms with Crippen LogP contribution in [0.25, 0.3) is 0 Å². The summed E-state index contributed by atoms with van der Waals surface area (Å²) in [4.78, 5) is 11.2. The number of hydrogen-bond donors (Lipinski definition) is 0. The molecule has 0 amide bonds. The van der Waals surface area contributed by atoms with E-state index in [1.165, 1.54) is 0 Å². The van der Waals surface area contributed by atoms with Gasteiger partial charge < -0.3 is 4.74 Å². The molecule has 1 aliphatic rings. The third kappa shape index (κ3) is 1.32. The second kappa shape index (κ2) is 2.87. The van der Waals surface area contributed by atoms with Crippen LogP contribution in [0.1, 0.15) is 29.8 Å². The number of hydrogen-bond acceptors (Lipinski definition) is 2. The summed E-state index contributed by atoms with van der Waals surface area (Å²) in [6, 6.07) is 5.77. The zero-order valence-electron chi connectivity index (χ0n) is 7.83. The Morgan fingerprint density at radius 2 is 2.15 bits per heavy atom. The van der Waals surface area contributed by atoms with Gasteiger partial charge in [-0.2, -0.15) is 0 Å². The number of ether oxygens (including phenoxy) is 1. The van der Waals surface area contributed by atoms with Gasteiger partial charge in [-0.1, -0.05) is 12.1 Å². The van der Waals surface area contributed by atoms with Crippen molar-refractivity contribution >= 4 is 5.78 Å². The zero-order chi connectivity index (χ0) is 9.42. The number of carbonyl (C=O) groups excluding carboxylic acids is 1. The fourth-order valence-electron chi connectivity index (χ4n) is 1.55. The van der Waals surface area contributed by atoms with E-state index in [1.807, 2.05) is 32.0 Å². The van der Waals surface area contributed by atoms with Gasteiger partial charge in [-0.15, -0.1) is 0 Å². The molecule has 0 N–H and O–H groups in total. The summed E-state index contributed by atoms with van der Waals surface area (Å²) >= 11 is 0. The minimum Gasteiger partial charge on any atom is -0.490 e. The van der Waals surface area contributed by atoms with E-state index in [1.54, 1.807) is 0 Å². The Kier molecular flexibility index (Phi) is 1.83. The fourth-order valence-corrected chi connectivity index (χ4v) is 1.55. The molecule has 13 heavy (non-hydrogen) atoms. The predicted molar refractivity (Wildman–Crippen MR) is 50.2 cm³/mol. The van der Waals surface area contributed by atoms with E-state index < -0.39 is 0 Å². The molecule has 0 unspecified atom stereocenters. The van der Waals surface area contributed by atoms with Gasteiger partial charge in [-0.25, -0.2) is 0 Å². The maximum Gasteiger partial charge on any atom is 0.171 e. The highest BCUT2D eigenvalue weighted by molar-refractivity contribution is 6.08. The first-order chi connectivity index (χ1) is 6.18. The summed E-state index contributed by atoms with van der Waals surface area (Å²) in [6.45, 7) is 3.92. The van der Waals surface area contributed by atoms with E-state index in [9.17, 15) is 4.79 Å². The Labute approximate surface area is 77.5 Å². The Morgan fingerprint density at radius 1 is 1.38 bits per heavy atom. The number of rotatable bonds is 2. The van der Waals surface area contributed by atoms with E-state index in [0.29, 0.717) is 6.42 Å². The van der Waals surface area contributed by atoms with E-state index >= 15 is 0 Å². The first kappa shape index (κ1) is 8.30. The molecular weight excluding hydrogens is 164 g/mol. The van der Waals surface area contributed by atoms with Crippen molar-refractivity contribution in [1.29, 1.82) is 0 Å². The molecule has 0 saturated carbocycles. The average Bonchev–Trinajstić information content (AvgIpc) is 2.00. The topological polar surface area (TPSA) is 26.3 Å². The van der Waals surface area contributed by atoms with Crippen molar-refractivity contribution < 1.29 is 9.53 Å². The van der Waals surface area contributed by atoms with Gasteiger partial charge in [0.05, 0.1) is 11.7 Å². The van der Waals surface area contributed by atoms with E-state index in [0.717, 1.165) is 16.9 Å². The van der Waals surface area contributed by atoms with Gasteiger partial charge in [-0.3, -0.25) is 4.79 Å². The van der Waals surface area contributed by atoms with Gasteiger partial charge in [0, 0.05) is 6.42 Å². The van der Waals surface area contributed by atoms with E-state index in [2.05, 4.69) is 0 Å². The number of ketones is 1. The maximum atomic E-state index is 11.2. The number of carbonyl (C=O) groups is 1. The Bertz CT molecular complexity index is 353. The molecule has 0 aliphatic heterocycles. The van der Waals surface area contributed by atoms with Crippen LogP contribution in [0.3, 0.4) is 0 Å². The van der Waals surface area contributed by atoms with E-state index in [4.69, 9.17) is 4.74 Å². The highest BCUT2D eigenvalue weighted by Gasteiger charge is 2.27. The molecule has 0 spiro atoms. The molecule has 2 rings (SSSR count). The average molecular weight is 176 g/mol. The van der Waals surface area contributed by atoms with Crippen LogP contribution in [0.15, 0.2) is 18.2 Å². The highest BCUT2D eigenvalue weighted by Crippen LogP contribution is 2.32. The lowest BCUT2D eigenvalue weighted by molar-refractivity contribution is 0.0960. The van der Waals surface area contributed by atoms with Crippen LogP contribution in [0.5, 0.6) is 5.75 Å². The summed E-state index contributed by atoms with van der Waals surface area (Å²) in [5.41, 5.74) is 1.90. The summed E-state index contributed by atoms with van der Waals surface area (Å²) in [5.74, 6) is 0.940. The molecule has 1 aliphatic carbocycles. The Hall–Kier alpha value is -1.31. The molecule has 1 aromatic rings. The lowest BCUT2D eigenvalue weighted by Crippen LogP contribution is -2.21. The van der Waals surface area contributed by atoms with Crippen molar-refractivity contribution in [1.82, 2.24) is 0 Å². The first-order valence-electron chi connectivity index (χ1n) is 4.50. The van der Waals surface area contributed by atoms with E-state index in [-0.39, 0.29) is 11.9 Å². The third-order valence-electron chi connectivity index (χ3n) is 2.11. The molecule has 0 bridgehead atoms. The van der Waals surface area contributed by atoms with Crippen molar-refractivity contribution in [3.8, 4) is 5.75 Å². The van der Waals surface area contributed by atoms with Crippen molar-refractivity contribution in [3.63, 3.8) is 0 Å². The monoisotopic (exact) mass is 176 g/mol. The lowest BCUT2D eigenvalue weighted by Gasteiger charge is -2.22. The molecular formula is C11H12O2. The minimum atomic E-state index is 0.125. The van der Waals surface area contributed by atoms with Crippen molar-refractivity contribution in [2.75, 3.05) is 0 Å². The number of Topliss-reactive ketones (excluding diaryl/α,β-unsaturated/α-hetero) is 1. The molecule has 0 radical (unpaired) electrons. The maximum absolute atomic E-state index is 11.2. The Balaban J connectivity index is 2.36. The number of fused-ring (bicyclic) bond motifs is 1. The summed E-state index contributed by atoms with van der Waals surface area (Å²) in [5, 5.41) is 0. The van der Waals surface area contributed by atoms with Gasteiger partial charge in [-0.05, 0) is 25.5 Å². The molecule has 1 aromatic carbocycles. The lowest BCUT2D eigenvalue weighted by atomic mass is 9.86. The van der Waals surface area contributed by atoms with Crippen LogP contribution in [0.4, 0.5) is 0 Å². The van der Waals surface area contributed by atoms with Crippen LogP contribution in [0.2, 0.25) is 0 Å². The SMILES string of the molecule is CC(C)Oc1cccc2c1C(=O)C2. The second-order valence-corrected chi connectivity index (χ2v) is 3.56. The molecule has 0 aromatic heterocycles. The molecule has 2 heteroatoms. The summed E-state index contributed by atoms with van der Waals surface area (Å²) < 4.78 is 5.53. The first-order valence-corrected chi connectivity index (χ1v) is 4.50. The smallest absolute Gasteiger partial charge is 0.171 e. The minimum absolute atomic E-state index is 0.125. The van der Waals surface area contributed by atoms with Crippen LogP contribution >= 0.6 is 0 Å². The van der Waals surface area contributed by atoms with Gasteiger partial charge in [0.25, 0.3) is 0 Å². The van der Waals surface area contributed by atoms with Crippen LogP contribution in [0, 0.1) is 0 Å². The molecule has 68 valence electrons. The fraction of sp³-hybridized carbons (Fsp3) is 0.364. The Morgan fingerprint density at radius 3 is 2.77 bits per heavy atom. The van der Waals surface area contributed by atoms with Crippen molar-refractivity contribution in [2.24, 2.45) is 0 Å². The predicted octanol–water partition coefficient (Wildman–Crippen LogP) is 2.21. The molecule has 0 saturated heterocycles. The summed E-state index contributed by atoms with van der Waals surface area (Å²) in [7, 11) is 0. The zero-order valence-corrected chi connectivity index (χ0v) is 7.83. The molecule has 0 heterocycles. The number of benzene rings is 1. The highest BCUT2D eigenvalue weighted by atomic mass is 16.5. The van der Waals surface area contributed by atoms with Crippen LogP contribution in [-0.4, -0.2) is 11.9 Å². The van der Waals surface area contributed by atoms with Gasteiger partial charge in [0.2, 0.25) is 0 Å².